The molecule has 0 saturated carbocycles. The normalized spacial score (nSPS) is 14.3. The van der Waals surface area contributed by atoms with E-state index < -0.39 is 0 Å². The summed E-state index contributed by atoms with van der Waals surface area (Å²) in [5, 5.41) is 3.58. The minimum absolute atomic E-state index is 0.274. The predicted molar refractivity (Wildman–Crippen MR) is 81.6 cm³/mol. The minimum atomic E-state index is 0.274. The monoisotopic (exact) mass is 273 g/mol. The van der Waals surface area contributed by atoms with Crippen LogP contribution in [0.3, 0.4) is 0 Å². The second kappa shape index (κ2) is 7.31. The van der Waals surface area contributed by atoms with Gasteiger partial charge in [0.15, 0.2) is 0 Å². The Bertz CT molecular complexity index is 539. The molecule has 0 saturated heterocycles. The molecule has 0 aliphatic carbocycles. The number of hydrogen-bond donors (Lipinski definition) is 1. The van der Waals surface area contributed by atoms with Crippen molar-refractivity contribution in [2.45, 2.75) is 26.3 Å². The number of methoxy groups -OCH3 is 1. The maximum atomic E-state index is 5.21. The molecule has 4 heteroatoms. The van der Waals surface area contributed by atoms with Crippen molar-refractivity contribution in [2.24, 2.45) is 5.92 Å². The van der Waals surface area contributed by atoms with E-state index in [9.17, 15) is 0 Å². The lowest BCUT2D eigenvalue weighted by Gasteiger charge is -2.25. The molecule has 0 bridgehead atoms. The molecule has 0 radical (unpaired) electrons. The highest BCUT2D eigenvalue weighted by molar-refractivity contribution is 5.78. The van der Waals surface area contributed by atoms with Crippen LogP contribution in [0.1, 0.15) is 31.9 Å². The van der Waals surface area contributed by atoms with Gasteiger partial charge in [0, 0.05) is 32.2 Å². The van der Waals surface area contributed by atoms with Gasteiger partial charge in [-0.25, -0.2) is 0 Å². The molecule has 4 nitrogen and oxygen atoms in total. The van der Waals surface area contributed by atoms with Gasteiger partial charge in [0.2, 0.25) is 0 Å². The molecular weight excluding hydrogens is 250 g/mol. The van der Waals surface area contributed by atoms with Crippen molar-refractivity contribution in [3.8, 4) is 0 Å². The van der Waals surface area contributed by atoms with Crippen molar-refractivity contribution in [3.63, 3.8) is 0 Å². The van der Waals surface area contributed by atoms with Crippen LogP contribution in [-0.4, -0.2) is 30.2 Å². The van der Waals surface area contributed by atoms with Gasteiger partial charge < -0.3 is 10.1 Å². The van der Waals surface area contributed by atoms with Gasteiger partial charge in [0.25, 0.3) is 0 Å². The molecule has 1 aromatic carbocycles. The summed E-state index contributed by atoms with van der Waals surface area (Å²) in [7, 11) is 1.75. The number of fused-ring (bicyclic) bond motifs is 1. The van der Waals surface area contributed by atoms with Crippen LogP contribution >= 0.6 is 0 Å². The quantitative estimate of drug-likeness (QED) is 0.842. The van der Waals surface area contributed by atoms with E-state index in [0.29, 0.717) is 5.92 Å². The molecule has 2 rings (SSSR count). The number of hydrogen-bond acceptors (Lipinski definition) is 4. The zero-order chi connectivity index (χ0) is 14.4. The molecule has 2 unspecified atom stereocenters. The zero-order valence-electron chi connectivity index (χ0n) is 12.5. The van der Waals surface area contributed by atoms with E-state index in [4.69, 9.17) is 4.74 Å². The summed E-state index contributed by atoms with van der Waals surface area (Å²) in [5.74, 6) is 0.475. The summed E-state index contributed by atoms with van der Waals surface area (Å²) in [6.45, 7) is 6.09. The van der Waals surface area contributed by atoms with Crippen molar-refractivity contribution in [1.29, 1.82) is 0 Å². The molecule has 108 valence electrons. The van der Waals surface area contributed by atoms with Crippen LogP contribution in [0, 0.1) is 5.92 Å². The first-order chi connectivity index (χ1) is 9.77. The number of para-hydroxylation sites is 1. The summed E-state index contributed by atoms with van der Waals surface area (Å²) in [5.41, 5.74) is 3.16. The van der Waals surface area contributed by atoms with Gasteiger partial charge in [-0.05, 0) is 30.5 Å². The first-order valence-electron chi connectivity index (χ1n) is 7.19. The van der Waals surface area contributed by atoms with Crippen LogP contribution in [0.5, 0.6) is 0 Å². The van der Waals surface area contributed by atoms with Crippen molar-refractivity contribution in [2.75, 3.05) is 20.3 Å². The molecule has 1 aromatic heterocycles. The highest BCUT2D eigenvalue weighted by Gasteiger charge is 2.20. The van der Waals surface area contributed by atoms with Crippen LogP contribution < -0.4 is 5.32 Å². The molecular formula is C16H23N3O. The Balaban J connectivity index is 2.35. The molecule has 2 aromatic rings. The van der Waals surface area contributed by atoms with Gasteiger partial charge in [-0.15, -0.1) is 0 Å². The lowest BCUT2D eigenvalue weighted by molar-refractivity contribution is 0.170. The number of rotatable bonds is 7. The smallest absolute Gasteiger partial charge is 0.0934 e. The van der Waals surface area contributed by atoms with Gasteiger partial charge in [-0.3, -0.25) is 9.97 Å². The number of ether oxygens (including phenoxy) is 1. The Hall–Kier alpha value is -1.52. The van der Waals surface area contributed by atoms with Gasteiger partial charge in [-0.2, -0.15) is 0 Å². The largest absolute Gasteiger partial charge is 0.385 e. The summed E-state index contributed by atoms with van der Waals surface area (Å²) >= 11 is 0. The SMILES string of the molecule is CCNC(c1cccc2nccnc12)C(C)CCOC. The summed E-state index contributed by atoms with van der Waals surface area (Å²) in [4.78, 5) is 8.90. The standard InChI is InChI=1S/C16H23N3O/c1-4-17-15(12(2)8-11-20-3)13-6-5-7-14-16(13)19-10-9-18-14/h5-7,9-10,12,15,17H,4,8,11H2,1-3H3. The number of benzene rings is 1. The van der Waals surface area contributed by atoms with E-state index >= 15 is 0 Å². The average Bonchev–Trinajstić information content (AvgIpc) is 2.50. The third-order valence-electron chi connectivity index (χ3n) is 3.64. The fraction of sp³-hybridized carbons (Fsp3) is 0.500. The van der Waals surface area contributed by atoms with E-state index in [1.54, 1.807) is 19.5 Å². The minimum Gasteiger partial charge on any atom is -0.385 e. The zero-order valence-corrected chi connectivity index (χ0v) is 12.5. The van der Waals surface area contributed by atoms with E-state index in [-0.39, 0.29) is 6.04 Å². The second-order valence-electron chi connectivity index (χ2n) is 5.07. The molecule has 0 spiro atoms. The average molecular weight is 273 g/mol. The molecule has 0 fully saturated rings. The van der Waals surface area contributed by atoms with Crippen LogP contribution in [0.2, 0.25) is 0 Å². The number of aromatic nitrogens is 2. The van der Waals surface area contributed by atoms with Crippen LogP contribution in [0.4, 0.5) is 0 Å². The van der Waals surface area contributed by atoms with E-state index in [1.165, 1.54) is 5.56 Å². The number of nitrogens with zero attached hydrogens (tertiary/aromatic N) is 2. The van der Waals surface area contributed by atoms with E-state index in [1.807, 2.05) is 6.07 Å². The molecule has 0 aliphatic rings. The first kappa shape index (κ1) is 14.9. The van der Waals surface area contributed by atoms with Crippen LogP contribution in [-0.2, 0) is 4.74 Å². The molecule has 1 heterocycles. The Morgan fingerprint density at radius 2 is 2.05 bits per heavy atom. The van der Waals surface area contributed by atoms with Crippen molar-refractivity contribution in [1.82, 2.24) is 15.3 Å². The van der Waals surface area contributed by atoms with Crippen molar-refractivity contribution < 1.29 is 4.74 Å². The Labute approximate surface area is 120 Å². The third kappa shape index (κ3) is 3.32. The van der Waals surface area contributed by atoms with Gasteiger partial charge in [0.1, 0.15) is 0 Å². The summed E-state index contributed by atoms with van der Waals surface area (Å²) < 4.78 is 5.21. The predicted octanol–water partition coefficient (Wildman–Crippen LogP) is 2.95. The lowest BCUT2D eigenvalue weighted by atomic mass is 9.91. The molecule has 1 N–H and O–H groups in total. The summed E-state index contributed by atoms with van der Waals surface area (Å²) in [6, 6.07) is 6.48. The third-order valence-corrected chi connectivity index (χ3v) is 3.64. The topological polar surface area (TPSA) is 47.0 Å². The van der Waals surface area contributed by atoms with Crippen LogP contribution in [0.15, 0.2) is 30.6 Å². The fourth-order valence-corrected chi connectivity index (χ4v) is 2.57. The molecule has 0 amide bonds. The molecule has 2 atom stereocenters. The fourth-order valence-electron chi connectivity index (χ4n) is 2.57. The van der Waals surface area contributed by atoms with Crippen LogP contribution in [0.25, 0.3) is 11.0 Å². The summed E-state index contributed by atoms with van der Waals surface area (Å²) in [6.07, 6.45) is 4.52. The Morgan fingerprint density at radius 1 is 1.25 bits per heavy atom. The highest BCUT2D eigenvalue weighted by Crippen LogP contribution is 2.28. The maximum absolute atomic E-state index is 5.21. The molecule has 0 aliphatic heterocycles. The second-order valence-corrected chi connectivity index (χ2v) is 5.07. The highest BCUT2D eigenvalue weighted by atomic mass is 16.5. The van der Waals surface area contributed by atoms with Crippen molar-refractivity contribution in [3.05, 3.63) is 36.2 Å². The number of nitrogens with one attached hydrogen (secondary N) is 1. The Kier molecular flexibility index (Phi) is 5.44. The maximum Gasteiger partial charge on any atom is 0.0934 e. The van der Waals surface area contributed by atoms with Gasteiger partial charge in [-0.1, -0.05) is 26.0 Å². The molecule has 20 heavy (non-hydrogen) atoms. The van der Waals surface area contributed by atoms with Crippen molar-refractivity contribution >= 4 is 11.0 Å². The first-order valence-corrected chi connectivity index (χ1v) is 7.19. The van der Waals surface area contributed by atoms with Gasteiger partial charge in [0.05, 0.1) is 11.0 Å². The van der Waals surface area contributed by atoms with E-state index in [0.717, 1.165) is 30.6 Å². The van der Waals surface area contributed by atoms with E-state index in [2.05, 4.69) is 41.3 Å². The lowest BCUT2D eigenvalue weighted by Crippen LogP contribution is -2.28. The van der Waals surface area contributed by atoms with Gasteiger partial charge >= 0.3 is 0 Å². The Morgan fingerprint density at radius 3 is 2.80 bits per heavy atom.